The Balaban J connectivity index is 1.78. The molecule has 21 heavy (non-hydrogen) atoms. The number of nitrogens with one attached hydrogen (secondary N) is 1. The summed E-state index contributed by atoms with van der Waals surface area (Å²) >= 11 is 12.0. The van der Waals surface area contributed by atoms with Crippen molar-refractivity contribution < 1.29 is 9.18 Å². The normalized spacial score (nSPS) is 14.2. The molecule has 0 spiro atoms. The van der Waals surface area contributed by atoms with Gasteiger partial charge in [0, 0.05) is 22.7 Å². The molecule has 1 fully saturated rings. The highest BCUT2D eigenvalue weighted by Gasteiger charge is 2.30. The maximum Gasteiger partial charge on any atom is 0.228 e. The smallest absolute Gasteiger partial charge is 0.228 e. The molecule has 1 N–H and O–H groups in total. The Morgan fingerprint density at radius 2 is 2.14 bits per heavy atom. The molecule has 0 saturated heterocycles. The molecule has 0 bridgehead atoms. The average molecular weight is 328 g/mol. The van der Waals surface area contributed by atoms with Crippen LogP contribution >= 0.6 is 23.2 Å². The van der Waals surface area contributed by atoms with E-state index in [9.17, 15) is 9.18 Å². The number of benzene rings is 1. The Hall–Kier alpha value is -1.59. The first-order valence-corrected chi connectivity index (χ1v) is 7.27. The minimum absolute atomic E-state index is 0.0622. The number of hydrogen-bond acceptors (Lipinski definition) is 2. The highest BCUT2D eigenvalue weighted by atomic mass is 35.5. The molecule has 1 saturated carbocycles. The highest BCUT2D eigenvalue weighted by molar-refractivity contribution is 6.33. The molecule has 0 unspecified atom stereocenters. The van der Waals surface area contributed by atoms with Gasteiger partial charge in [0.15, 0.2) is 5.82 Å². The summed E-state index contributed by atoms with van der Waals surface area (Å²) in [7, 11) is 0. The van der Waals surface area contributed by atoms with E-state index in [1.165, 1.54) is 16.9 Å². The van der Waals surface area contributed by atoms with Crippen molar-refractivity contribution in [1.82, 2.24) is 9.78 Å². The third kappa shape index (κ3) is 3.19. The Morgan fingerprint density at radius 1 is 1.38 bits per heavy atom. The molecule has 1 aliphatic carbocycles. The van der Waals surface area contributed by atoms with Crippen molar-refractivity contribution in [3.63, 3.8) is 0 Å². The first-order chi connectivity index (χ1) is 10.0. The Labute approximate surface area is 130 Å². The summed E-state index contributed by atoms with van der Waals surface area (Å²) in [5, 5.41) is 7.48. The van der Waals surface area contributed by atoms with E-state index in [0.29, 0.717) is 21.4 Å². The number of carbonyl (C=O) groups is 1. The number of aromatic nitrogens is 2. The summed E-state index contributed by atoms with van der Waals surface area (Å²) in [6, 6.07) is 4.49. The number of halogens is 3. The minimum atomic E-state index is -0.405. The van der Waals surface area contributed by atoms with Gasteiger partial charge < -0.3 is 5.32 Å². The van der Waals surface area contributed by atoms with Gasteiger partial charge >= 0.3 is 0 Å². The maximum absolute atomic E-state index is 13.7. The van der Waals surface area contributed by atoms with Crippen LogP contribution in [0.15, 0.2) is 24.4 Å². The molecular formula is C14H12Cl2FN3O. The van der Waals surface area contributed by atoms with Crippen LogP contribution in [0.2, 0.25) is 10.0 Å². The molecule has 1 aromatic heterocycles. The third-order valence-electron chi connectivity index (χ3n) is 3.29. The topological polar surface area (TPSA) is 46.9 Å². The summed E-state index contributed by atoms with van der Waals surface area (Å²) < 4.78 is 15.2. The average Bonchev–Trinajstić information content (AvgIpc) is 3.21. The van der Waals surface area contributed by atoms with Gasteiger partial charge in [-0.1, -0.05) is 29.3 Å². The predicted octanol–water partition coefficient (Wildman–Crippen LogP) is 3.73. The zero-order valence-electron chi connectivity index (χ0n) is 10.9. The van der Waals surface area contributed by atoms with Gasteiger partial charge in [-0.2, -0.15) is 5.10 Å². The second kappa shape index (κ2) is 5.66. The molecule has 0 aliphatic heterocycles. The van der Waals surface area contributed by atoms with Gasteiger partial charge in [-0.15, -0.1) is 0 Å². The summed E-state index contributed by atoms with van der Waals surface area (Å²) in [4.78, 5) is 11.7. The first kappa shape index (κ1) is 14.4. The second-order valence-electron chi connectivity index (χ2n) is 4.99. The van der Waals surface area contributed by atoms with Crippen molar-refractivity contribution in [1.29, 1.82) is 0 Å². The van der Waals surface area contributed by atoms with Gasteiger partial charge in [0.2, 0.25) is 5.91 Å². The number of anilines is 1. The zero-order chi connectivity index (χ0) is 15.0. The SMILES string of the molecule is O=C(Nc1nn(Cc2c(F)cccc2Cl)cc1Cl)C1CC1. The van der Waals surface area contributed by atoms with Crippen LogP contribution in [-0.4, -0.2) is 15.7 Å². The number of amides is 1. The lowest BCUT2D eigenvalue weighted by atomic mass is 10.2. The molecule has 110 valence electrons. The fraction of sp³-hybridized carbons (Fsp3) is 0.286. The van der Waals surface area contributed by atoms with Crippen LogP contribution in [0.1, 0.15) is 18.4 Å². The van der Waals surface area contributed by atoms with Crippen molar-refractivity contribution in [3.8, 4) is 0 Å². The Morgan fingerprint density at radius 3 is 2.81 bits per heavy atom. The molecule has 1 aromatic carbocycles. The first-order valence-electron chi connectivity index (χ1n) is 6.51. The number of nitrogens with zero attached hydrogens (tertiary/aromatic N) is 2. The van der Waals surface area contributed by atoms with Crippen molar-refractivity contribution in [2.45, 2.75) is 19.4 Å². The molecule has 0 radical (unpaired) electrons. The van der Waals surface area contributed by atoms with Crippen LogP contribution in [0.3, 0.4) is 0 Å². The van der Waals surface area contributed by atoms with Gasteiger partial charge in [-0.3, -0.25) is 9.48 Å². The fourth-order valence-electron chi connectivity index (χ4n) is 1.97. The van der Waals surface area contributed by atoms with E-state index in [-0.39, 0.29) is 18.4 Å². The highest BCUT2D eigenvalue weighted by Crippen LogP contribution is 2.31. The molecule has 3 rings (SSSR count). The summed E-state index contributed by atoms with van der Waals surface area (Å²) in [6.45, 7) is 0.143. The summed E-state index contributed by atoms with van der Waals surface area (Å²) in [6.07, 6.45) is 3.33. The fourth-order valence-corrected chi connectivity index (χ4v) is 2.39. The van der Waals surface area contributed by atoms with E-state index in [0.717, 1.165) is 12.8 Å². The van der Waals surface area contributed by atoms with Gasteiger partial charge in [0.25, 0.3) is 0 Å². The van der Waals surface area contributed by atoms with Gasteiger partial charge in [0.05, 0.1) is 6.54 Å². The quantitative estimate of drug-likeness (QED) is 0.930. The Kier molecular flexibility index (Phi) is 3.87. The van der Waals surface area contributed by atoms with Gasteiger partial charge in [0.1, 0.15) is 10.8 Å². The van der Waals surface area contributed by atoms with E-state index in [1.807, 2.05) is 0 Å². The molecule has 2 aromatic rings. The number of hydrogen-bond donors (Lipinski definition) is 1. The van der Waals surface area contributed by atoms with Crippen molar-refractivity contribution in [3.05, 3.63) is 45.8 Å². The lowest BCUT2D eigenvalue weighted by Crippen LogP contribution is -2.14. The van der Waals surface area contributed by atoms with E-state index in [1.54, 1.807) is 12.1 Å². The van der Waals surface area contributed by atoms with E-state index in [2.05, 4.69) is 10.4 Å². The predicted molar refractivity (Wildman–Crippen MR) is 79.1 cm³/mol. The molecule has 1 aliphatic rings. The Bertz CT molecular complexity index is 677. The van der Waals surface area contributed by atoms with Crippen LogP contribution in [-0.2, 0) is 11.3 Å². The molecule has 7 heteroatoms. The molecule has 0 atom stereocenters. The lowest BCUT2D eigenvalue weighted by Gasteiger charge is -2.05. The zero-order valence-corrected chi connectivity index (χ0v) is 12.5. The number of carbonyl (C=O) groups excluding carboxylic acids is 1. The van der Waals surface area contributed by atoms with Crippen LogP contribution in [0.4, 0.5) is 10.2 Å². The second-order valence-corrected chi connectivity index (χ2v) is 5.80. The van der Waals surface area contributed by atoms with E-state index in [4.69, 9.17) is 23.2 Å². The van der Waals surface area contributed by atoms with Crippen LogP contribution < -0.4 is 5.32 Å². The maximum atomic E-state index is 13.7. The molecule has 1 amide bonds. The van der Waals surface area contributed by atoms with Crippen molar-refractivity contribution >= 4 is 34.9 Å². The standard InChI is InChI=1S/C14H12Cl2FN3O/c15-10-2-1-3-12(17)9(10)6-20-7-11(16)13(19-20)18-14(21)8-4-5-8/h1-3,7-8H,4-6H2,(H,18,19,21). The van der Waals surface area contributed by atoms with Gasteiger partial charge in [-0.05, 0) is 25.0 Å². The molecular weight excluding hydrogens is 316 g/mol. The third-order valence-corrected chi connectivity index (χ3v) is 3.92. The van der Waals surface area contributed by atoms with E-state index < -0.39 is 5.82 Å². The van der Waals surface area contributed by atoms with Crippen LogP contribution in [0.5, 0.6) is 0 Å². The monoisotopic (exact) mass is 327 g/mol. The van der Waals surface area contributed by atoms with E-state index >= 15 is 0 Å². The summed E-state index contributed by atoms with van der Waals surface area (Å²) in [5.74, 6) is -0.128. The molecule has 1 heterocycles. The molecule has 4 nitrogen and oxygen atoms in total. The largest absolute Gasteiger partial charge is 0.308 e. The van der Waals surface area contributed by atoms with Crippen molar-refractivity contribution in [2.75, 3.05) is 5.32 Å². The van der Waals surface area contributed by atoms with Gasteiger partial charge in [-0.25, -0.2) is 4.39 Å². The minimum Gasteiger partial charge on any atom is -0.308 e. The van der Waals surface area contributed by atoms with Crippen molar-refractivity contribution in [2.24, 2.45) is 5.92 Å². The van der Waals surface area contributed by atoms with Crippen LogP contribution in [0, 0.1) is 11.7 Å². The lowest BCUT2D eigenvalue weighted by molar-refractivity contribution is -0.117. The summed E-state index contributed by atoms with van der Waals surface area (Å²) in [5.41, 5.74) is 0.332. The van der Waals surface area contributed by atoms with Crippen LogP contribution in [0.25, 0.3) is 0 Å². The number of rotatable bonds is 4.